The molecule has 1 fully saturated rings. The predicted octanol–water partition coefficient (Wildman–Crippen LogP) is -0.318. The van der Waals surface area contributed by atoms with E-state index >= 15 is 0 Å². The van der Waals surface area contributed by atoms with Crippen molar-refractivity contribution in [1.29, 1.82) is 0 Å². The van der Waals surface area contributed by atoms with E-state index in [1.165, 1.54) is 12.8 Å². The van der Waals surface area contributed by atoms with Gasteiger partial charge in [-0.05, 0) is 25.3 Å². The molecule has 1 aliphatic carbocycles. The van der Waals surface area contributed by atoms with Crippen LogP contribution < -0.4 is 11.5 Å². The fourth-order valence-electron chi connectivity index (χ4n) is 0.887. The zero-order valence-electron chi connectivity index (χ0n) is 4.43. The first kappa shape index (κ1) is 5.06. The average Bonchev–Trinajstić information content (AvgIpc) is 1.65. The largest absolute Gasteiger partial charge is 0.330 e. The van der Waals surface area contributed by atoms with Crippen molar-refractivity contribution in [2.24, 2.45) is 17.4 Å². The highest BCUT2D eigenvalue weighted by atomic mass is 14.7. The van der Waals surface area contributed by atoms with Gasteiger partial charge in [-0.2, -0.15) is 0 Å². The van der Waals surface area contributed by atoms with Gasteiger partial charge in [-0.25, -0.2) is 0 Å². The summed E-state index contributed by atoms with van der Waals surface area (Å²) in [7, 11) is 0. The molecule has 2 nitrogen and oxygen atoms in total. The Morgan fingerprint density at radius 2 is 2.14 bits per heavy atom. The van der Waals surface area contributed by atoms with Crippen molar-refractivity contribution >= 4 is 0 Å². The molecular formula is C5H12N2. The minimum atomic E-state index is 0.421. The van der Waals surface area contributed by atoms with Crippen LogP contribution in [-0.2, 0) is 0 Å². The molecule has 1 saturated carbocycles. The maximum Gasteiger partial charge on any atom is 0.00793 e. The van der Waals surface area contributed by atoms with E-state index in [0.29, 0.717) is 12.0 Å². The maximum atomic E-state index is 5.55. The van der Waals surface area contributed by atoms with Crippen molar-refractivity contribution < 1.29 is 0 Å². The summed E-state index contributed by atoms with van der Waals surface area (Å²) in [6.07, 6.45) is 2.43. The highest BCUT2D eigenvalue weighted by Gasteiger charge is 2.24. The summed E-state index contributed by atoms with van der Waals surface area (Å²) >= 11 is 0. The average molecular weight is 100 g/mol. The van der Waals surface area contributed by atoms with Gasteiger partial charge in [0.1, 0.15) is 0 Å². The van der Waals surface area contributed by atoms with E-state index in [4.69, 9.17) is 11.5 Å². The van der Waals surface area contributed by atoms with Crippen molar-refractivity contribution in [2.45, 2.75) is 18.9 Å². The normalized spacial score (nSPS) is 40.3. The molecule has 4 N–H and O–H groups in total. The highest BCUT2D eigenvalue weighted by molar-refractivity contribution is 4.83. The lowest BCUT2D eigenvalue weighted by Crippen LogP contribution is -2.43. The molecule has 0 aromatic carbocycles. The Morgan fingerprint density at radius 3 is 2.14 bits per heavy atom. The fraction of sp³-hybridized carbons (Fsp3) is 1.00. The van der Waals surface area contributed by atoms with Gasteiger partial charge in [-0.15, -0.1) is 0 Å². The van der Waals surface area contributed by atoms with Crippen LogP contribution in [0.3, 0.4) is 0 Å². The molecule has 0 saturated heterocycles. The number of rotatable bonds is 1. The molecule has 7 heavy (non-hydrogen) atoms. The van der Waals surface area contributed by atoms with Crippen LogP contribution in [0.4, 0.5) is 0 Å². The SMILES string of the molecule is NC[C@@H]1CC[C@@H]1N. The third-order valence-corrected chi connectivity index (χ3v) is 1.78. The minimum Gasteiger partial charge on any atom is -0.330 e. The van der Waals surface area contributed by atoms with Crippen molar-refractivity contribution in [3.05, 3.63) is 0 Å². The van der Waals surface area contributed by atoms with Gasteiger partial charge in [0, 0.05) is 6.04 Å². The molecule has 0 unspecified atom stereocenters. The van der Waals surface area contributed by atoms with E-state index in [-0.39, 0.29) is 0 Å². The smallest absolute Gasteiger partial charge is 0.00793 e. The lowest BCUT2D eigenvalue weighted by atomic mass is 9.80. The molecule has 2 heteroatoms. The van der Waals surface area contributed by atoms with Crippen LogP contribution in [-0.4, -0.2) is 12.6 Å². The molecule has 0 amide bonds. The second-order valence-corrected chi connectivity index (χ2v) is 2.24. The van der Waals surface area contributed by atoms with Crippen molar-refractivity contribution in [1.82, 2.24) is 0 Å². The molecule has 0 aliphatic heterocycles. The number of hydrogen-bond donors (Lipinski definition) is 2. The van der Waals surface area contributed by atoms with E-state index in [2.05, 4.69) is 0 Å². The van der Waals surface area contributed by atoms with E-state index in [9.17, 15) is 0 Å². The van der Waals surface area contributed by atoms with Crippen LogP contribution in [0.5, 0.6) is 0 Å². The van der Waals surface area contributed by atoms with Crippen LogP contribution in [0, 0.1) is 5.92 Å². The van der Waals surface area contributed by atoms with Gasteiger partial charge < -0.3 is 11.5 Å². The van der Waals surface area contributed by atoms with Crippen molar-refractivity contribution in [3.8, 4) is 0 Å². The first-order valence-corrected chi connectivity index (χ1v) is 2.80. The Hall–Kier alpha value is -0.0800. The number of nitrogens with two attached hydrogens (primary N) is 2. The second kappa shape index (κ2) is 1.80. The Kier molecular flexibility index (Phi) is 1.30. The summed E-state index contributed by atoms with van der Waals surface area (Å²) in [4.78, 5) is 0. The summed E-state index contributed by atoms with van der Waals surface area (Å²) in [6, 6.07) is 0.421. The highest BCUT2D eigenvalue weighted by Crippen LogP contribution is 2.23. The zero-order chi connectivity index (χ0) is 5.28. The predicted molar refractivity (Wildman–Crippen MR) is 29.8 cm³/mol. The molecule has 0 heterocycles. The molecular weight excluding hydrogens is 88.1 g/mol. The van der Waals surface area contributed by atoms with E-state index in [1.807, 2.05) is 0 Å². The Labute approximate surface area is 43.9 Å². The third kappa shape index (κ3) is 0.763. The van der Waals surface area contributed by atoms with Gasteiger partial charge >= 0.3 is 0 Å². The molecule has 0 spiro atoms. The van der Waals surface area contributed by atoms with Crippen LogP contribution in [0.2, 0.25) is 0 Å². The van der Waals surface area contributed by atoms with Crippen molar-refractivity contribution in [3.63, 3.8) is 0 Å². The van der Waals surface area contributed by atoms with Gasteiger partial charge in [0.05, 0.1) is 0 Å². The van der Waals surface area contributed by atoms with Crippen LogP contribution in [0.25, 0.3) is 0 Å². The van der Waals surface area contributed by atoms with Gasteiger partial charge in [-0.3, -0.25) is 0 Å². The van der Waals surface area contributed by atoms with Gasteiger partial charge in [0.25, 0.3) is 0 Å². The molecule has 0 bridgehead atoms. The van der Waals surface area contributed by atoms with Crippen LogP contribution >= 0.6 is 0 Å². The summed E-state index contributed by atoms with van der Waals surface area (Å²) in [5.74, 6) is 0.639. The molecule has 0 aromatic heterocycles. The molecule has 42 valence electrons. The molecule has 1 rings (SSSR count). The Bertz CT molecular complexity index is 61.1. The van der Waals surface area contributed by atoms with E-state index in [1.54, 1.807) is 0 Å². The lowest BCUT2D eigenvalue weighted by molar-refractivity contribution is 0.265. The standard InChI is InChI=1S/C5H12N2/c6-3-4-1-2-5(4)7/h4-5H,1-3,6-7H2/t4-,5-/m0/s1. The summed E-state index contributed by atoms with van der Waals surface area (Å²) in [5.41, 5.74) is 10.9. The minimum absolute atomic E-state index is 0.421. The van der Waals surface area contributed by atoms with Crippen molar-refractivity contribution in [2.75, 3.05) is 6.54 Å². The van der Waals surface area contributed by atoms with E-state index in [0.717, 1.165) is 6.54 Å². The molecule has 1 aliphatic rings. The van der Waals surface area contributed by atoms with Crippen LogP contribution in [0.15, 0.2) is 0 Å². The van der Waals surface area contributed by atoms with E-state index < -0.39 is 0 Å². The number of hydrogen-bond acceptors (Lipinski definition) is 2. The fourth-order valence-corrected chi connectivity index (χ4v) is 0.887. The Morgan fingerprint density at radius 1 is 1.43 bits per heavy atom. The van der Waals surface area contributed by atoms with Gasteiger partial charge in [-0.1, -0.05) is 0 Å². The van der Waals surface area contributed by atoms with Crippen LogP contribution in [0.1, 0.15) is 12.8 Å². The third-order valence-electron chi connectivity index (χ3n) is 1.78. The Balaban J connectivity index is 2.16. The molecule has 0 aromatic rings. The summed E-state index contributed by atoms with van der Waals surface area (Å²) in [5, 5.41) is 0. The monoisotopic (exact) mass is 100 g/mol. The maximum absolute atomic E-state index is 5.55. The quantitative estimate of drug-likeness (QED) is 0.474. The van der Waals surface area contributed by atoms with Gasteiger partial charge in [0.2, 0.25) is 0 Å². The summed E-state index contributed by atoms with van der Waals surface area (Å²) < 4.78 is 0. The molecule has 0 radical (unpaired) electrons. The second-order valence-electron chi connectivity index (χ2n) is 2.24. The first-order valence-electron chi connectivity index (χ1n) is 2.80. The summed E-state index contributed by atoms with van der Waals surface area (Å²) in [6.45, 7) is 0.779. The topological polar surface area (TPSA) is 52.0 Å². The molecule has 2 atom stereocenters. The first-order chi connectivity index (χ1) is 3.34. The lowest BCUT2D eigenvalue weighted by Gasteiger charge is -2.31. The van der Waals surface area contributed by atoms with Gasteiger partial charge in [0.15, 0.2) is 0 Å². The zero-order valence-corrected chi connectivity index (χ0v) is 4.43.